The van der Waals surface area contributed by atoms with E-state index < -0.39 is 0 Å². The molecule has 134 valence electrons. The molecule has 1 aromatic rings. The highest BCUT2D eigenvalue weighted by Crippen LogP contribution is 2.21. The molecule has 2 rings (SSSR count). The molecule has 0 bridgehead atoms. The summed E-state index contributed by atoms with van der Waals surface area (Å²) >= 11 is 0. The van der Waals surface area contributed by atoms with Crippen LogP contribution in [0.5, 0.6) is 0 Å². The maximum absolute atomic E-state index is 11.9. The molecule has 5 nitrogen and oxygen atoms in total. The van der Waals surface area contributed by atoms with Gasteiger partial charge in [0.25, 0.3) is 0 Å². The molecule has 1 fully saturated rings. The highest BCUT2D eigenvalue weighted by molar-refractivity contribution is 14.0. The molecule has 1 aliphatic rings. The van der Waals surface area contributed by atoms with Crippen molar-refractivity contribution in [1.82, 2.24) is 5.32 Å². The van der Waals surface area contributed by atoms with Gasteiger partial charge in [0.05, 0.1) is 6.54 Å². The molecule has 0 radical (unpaired) electrons. The van der Waals surface area contributed by atoms with Crippen LogP contribution in [-0.4, -0.2) is 25.0 Å². The average Bonchev–Trinajstić information content (AvgIpc) is 2.54. The van der Waals surface area contributed by atoms with Crippen LogP contribution in [0.15, 0.2) is 29.3 Å². The van der Waals surface area contributed by atoms with E-state index in [4.69, 9.17) is 5.73 Å². The van der Waals surface area contributed by atoms with Gasteiger partial charge in [-0.1, -0.05) is 26.0 Å². The number of amides is 1. The molecule has 24 heavy (non-hydrogen) atoms. The predicted octanol–water partition coefficient (Wildman–Crippen LogP) is 3.27. The molecule has 3 N–H and O–H groups in total. The first kappa shape index (κ1) is 20.7. The Labute approximate surface area is 162 Å². The maximum Gasteiger partial charge on any atom is 0.226 e. The summed E-state index contributed by atoms with van der Waals surface area (Å²) in [6.07, 6.45) is 3.82. The highest BCUT2D eigenvalue weighted by Gasteiger charge is 2.19. The van der Waals surface area contributed by atoms with Crippen molar-refractivity contribution in [3.05, 3.63) is 29.8 Å². The van der Waals surface area contributed by atoms with Crippen molar-refractivity contribution in [3.8, 4) is 0 Å². The zero-order valence-corrected chi connectivity index (χ0v) is 17.0. The molecule has 6 heteroatoms. The number of nitrogens with one attached hydrogen (secondary N) is 1. The summed E-state index contributed by atoms with van der Waals surface area (Å²) in [6.45, 7) is 6.59. The third-order valence-corrected chi connectivity index (χ3v) is 4.03. The van der Waals surface area contributed by atoms with E-state index in [1.165, 1.54) is 0 Å². The number of halogens is 1. The Morgan fingerprint density at radius 1 is 1.29 bits per heavy atom. The van der Waals surface area contributed by atoms with E-state index in [-0.39, 0.29) is 29.9 Å². The van der Waals surface area contributed by atoms with Gasteiger partial charge < -0.3 is 16.0 Å². The first-order valence-electron chi connectivity index (χ1n) is 8.49. The SMILES string of the molecule is CC(C)CCNC(N)=NCc1ccc(N2CCCCC2=O)cc1.I. The van der Waals surface area contributed by atoms with Crippen LogP contribution in [0, 0.1) is 5.92 Å². The highest BCUT2D eigenvalue weighted by atomic mass is 127. The summed E-state index contributed by atoms with van der Waals surface area (Å²) < 4.78 is 0. The monoisotopic (exact) mass is 444 g/mol. The summed E-state index contributed by atoms with van der Waals surface area (Å²) in [5, 5.41) is 3.13. The summed E-state index contributed by atoms with van der Waals surface area (Å²) in [4.78, 5) is 18.1. The number of hydrogen-bond acceptors (Lipinski definition) is 2. The molecule has 1 aromatic carbocycles. The van der Waals surface area contributed by atoms with Crippen molar-refractivity contribution >= 4 is 41.5 Å². The van der Waals surface area contributed by atoms with Crippen LogP contribution in [-0.2, 0) is 11.3 Å². The Balaban J connectivity index is 0.00000288. The van der Waals surface area contributed by atoms with Crippen molar-refractivity contribution < 1.29 is 4.79 Å². The maximum atomic E-state index is 11.9. The number of hydrogen-bond donors (Lipinski definition) is 2. The van der Waals surface area contributed by atoms with Crippen LogP contribution < -0.4 is 16.0 Å². The number of carbonyl (C=O) groups excluding carboxylic acids is 1. The number of guanidine groups is 1. The number of anilines is 1. The van der Waals surface area contributed by atoms with Crippen molar-refractivity contribution in [2.75, 3.05) is 18.0 Å². The molecular weight excluding hydrogens is 415 g/mol. The van der Waals surface area contributed by atoms with Crippen molar-refractivity contribution in [1.29, 1.82) is 0 Å². The van der Waals surface area contributed by atoms with Crippen LogP contribution in [0.3, 0.4) is 0 Å². The number of piperidine rings is 1. The minimum Gasteiger partial charge on any atom is -0.370 e. The number of nitrogens with two attached hydrogens (primary N) is 1. The normalized spacial score (nSPS) is 15.4. The molecular formula is C18H29IN4O. The third-order valence-electron chi connectivity index (χ3n) is 4.03. The lowest BCUT2D eigenvalue weighted by Crippen LogP contribution is -2.35. The Morgan fingerprint density at radius 2 is 2.00 bits per heavy atom. The predicted molar refractivity (Wildman–Crippen MR) is 111 cm³/mol. The second-order valence-electron chi connectivity index (χ2n) is 6.48. The summed E-state index contributed by atoms with van der Waals surface area (Å²) in [7, 11) is 0. The first-order chi connectivity index (χ1) is 11.1. The van der Waals surface area contributed by atoms with E-state index >= 15 is 0 Å². The van der Waals surface area contributed by atoms with Gasteiger partial charge in [0, 0.05) is 25.2 Å². The molecule has 0 aromatic heterocycles. The number of carbonyl (C=O) groups is 1. The molecule has 1 aliphatic heterocycles. The van der Waals surface area contributed by atoms with Gasteiger partial charge in [-0.2, -0.15) is 0 Å². The molecule has 0 atom stereocenters. The smallest absolute Gasteiger partial charge is 0.226 e. The fourth-order valence-electron chi connectivity index (χ4n) is 2.58. The van der Waals surface area contributed by atoms with Gasteiger partial charge in [0.2, 0.25) is 5.91 Å². The Kier molecular flexibility index (Phi) is 9.10. The van der Waals surface area contributed by atoms with E-state index in [1.54, 1.807) is 0 Å². The summed E-state index contributed by atoms with van der Waals surface area (Å²) in [6, 6.07) is 8.02. The molecule has 1 saturated heterocycles. The van der Waals surface area contributed by atoms with Gasteiger partial charge in [0.15, 0.2) is 5.96 Å². The van der Waals surface area contributed by atoms with Gasteiger partial charge in [-0.25, -0.2) is 4.99 Å². The van der Waals surface area contributed by atoms with E-state index in [0.29, 0.717) is 24.8 Å². The van der Waals surface area contributed by atoms with Gasteiger partial charge in [-0.15, -0.1) is 24.0 Å². The number of benzene rings is 1. The Morgan fingerprint density at radius 3 is 2.62 bits per heavy atom. The van der Waals surface area contributed by atoms with E-state index in [9.17, 15) is 4.79 Å². The fourth-order valence-corrected chi connectivity index (χ4v) is 2.58. The average molecular weight is 444 g/mol. The summed E-state index contributed by atoms with van der Waals surface area (Å²) in [5.41, 5.74) is 7.93. The zero-order chi connectivity index (χ0) is 16.7. The van der Waals surface area contributed by atoms with E-state index in [0.717, 1.165) is 43.6 Å². The largest absolute Gasteiger partial charge is 0.370 e. The minimum atomic E-state index is 0. The minimum absolute atomic E-state index is 0. The molecule has 0 aliphatic carbocycles. The van der Waals surface area contributed by atoms with Crippen LogP contribution >= 0.6 is 24.0 Å². The lowest BCUT2D eigenvalue weighted by Gasteiger charge is -2.26. The topological polar surface area (TPSA) is 70.7 Å². The van der Waals surface area contributed by atoms with Gasteiger partial charge in [-0.05, 0) is 42.9 Å². The third kappa shape index (κ3) is 6.67. The molecule has 0 unspecified atom stereocenters. The Bertz CT molecular complexity index is 542. The Hall–Kier alpha value is -1.31. The van der Waals surface area contributed by atoms with Crippen LogP contribution in [0.25, 0.3) is 0 Å². The number of nitrogens with zero attached hydrogens (tertiary/aromatic N) is 2. The second kappa shape index (κ2) is 10.5. The van der Waals surface area contributed by atoms with E-state index in [1.807, 2.05) is 29.2 Å². The first-order valence-corrected chi connectivity index (χ1v) is 8.49. The standard InChI is InChI=1S/C18H28N4O.HI/c1-14(2)10-11-20-18(19)21-13-15-6-8-16(9-7-15)22-12-4-3-5-17(22)23;/h6-9,14H,3-5,10-13H2,1-2H3,(H3,19,20,21);1H. The number of rotatable bonds is 6. The fraction of sp³-hybridized carbons (Fsp3) is 0.556. The summed E-state index contributed by atoms with van der Waals surface area (Å²) in [5.74, 6) is 1.36. The molecule has 1 amide bonds. The second-order valence-corrected chi connectivity index (χ2v) is 6.48. The van der Waals surface area contributed by atoms with Crippen molar-refractivity contribution in [2.24, 2.45) is 16.6 Å². The van der Waals surface area contributed by atoms with Crippen LogP contribution in [0.1, 0.15) is 45.1 Å². The lowest BCUT2D eigenvalue weighted by molar-refractivity contribution is -0.119. The van der Waals surface area contributed by atoms with Crippen molar-refractivity contribution in [3.63, 3.8) is 0 Å². The van der Waals surface area contributed by atoms with Gasteiger partial charge >= 0.3 is 0 Å². The van der Waals surface area contributed by atoms with Gasteiger partial charge in [0.1, 0.15) is 0 Å². The van der Waals surface area contributed by atoms with Crippen LogP contribution in [0.2, 0.25) is 0 Å². The van der Waals surface area contributed by atoms with Crippen LogP contribution in [0.4, 0.5) is 5.69 Å². The lowest BCUT2D eigenvalue weighted by atomic mass is 10.1. The van der Waals surface area contributed by atoms with E-state index in [2.05, 4.69) is 24.2 Å². The van der Waals surface area contributed by atoms with Gasteiger partial charge in [-0.3, -0.25) is 4.79 Å². The molecule has 0 saturated carbocycles. The quantitative estimate of drug-likeness (QED) is 0.402. The number of aliphatic imine (C=N–C) groups is 1. The zero-order valence-electron chi connectivity index (χ0n) is 14.6. The molecule has 1 heterocycles. The van der Waals surface area contributed by atoms with Crippen molar-refractivity contribution in [2.45, 2.75) is 46.1 Å². The molecule has 0 spiro atoms.